The van der Waals surface area contributed by atoms with E-state index < -0.39 is 11.5 Å². The first-order valence-electron chi connectivity index (χ1n) is 5.98. The first-order chi connectivity index (χ1) is 7.42. The van der Waals surface area contributed by atoms with E-state index in [-0.39, 0.29) is 0 Å². The number of aliphatic carboxylic acids is 1. The minimum absolute atomic E-state index is 0.527. The van der Waals surface area contributed by atoms with Crippen LogP contribution in [0.25, 0.3) is 0 Å². The van der Waals surface area contributed by atoms with Crippen LogP contribution in [0.5, 0.6) is 0 Å². The Hall–Kier alpha value is -0.610. The summed E-state index contributed by atoms with van der Waals surface area (Å²) in [5.41, 5.74) is -0.823. The van der Waals surface area contributed by atoms with E-state index in [0.717, 1.165) is 13.0 Å². The highest BCUT2D eigenvalue weighted by molar-refractivity contribution is 5.78. The quantitative estimate of drug-likeness (QED) is 0.595. The molecular formula is C12H25NO3. The van der Waals surface area contributed by atoms with Gasteiger partial charge in [0.2, 0.25) is 0 Å². The summed E-state index contributed by atoms with van der Waals surface area (Å²) in [6, 6.07) is 0. The molecule has 0 fully saturated rings. The van der Waals surface area contributed by atoms with Crippen molar-refractivity contribution in [2.75, 3.05) is 19.8 Å². The molecule has 4 nitrogen and oxygen atoms in total. The zero-order chi connectivity index (χ0) is 12.6. The molecule has 2 N–H and O–H groups in total. The topological polar surface area (TPSA) is 58.6 Å². The molecule has 0 spiro atoms. The summed E-state index contributed by atoms with van der Waals surface area (Å²) < 4.78 is 5.43. The number of likely N-dealkylation sites (N-methyl/N-ethyl adjacent to an activating group) is 1. The van der Waals surface area contributed by atoms with Gasteiger partial charge in [-0.2, -0.15) is 0 Å². The van der Waals surface area contributed by atoms with Crippen LogP contribution in [0.15, 0.2) is 0 Å². The zero-order valence-electron chi connectivity index (χ0n) is 10.9. The minimum atomic E-state index is -0.823. The summed E-state index contributed by atoms with van der Waals surface area (Å²) in [7, 11) is 0. The number of ether oxygens (including phenoxy) is 1. The number of hydrogen-bond donors (Lipinski definition) is 2. The first-order valence-corrected chi connectivity index (χ1v) is 5.98. The predicted octanol–water partition coefficient (Wildman–Crippen LogP) is 1.89. The number of carboxylic acid groups (broad SMARTS) is 1. The Bertz CT molecular complexity index is 206. The van der Waals surface area contributed by atoms with E-state index in [0.29, 0.717) is 25.5 Å². The van der Waals surface area contributed by atoms with E-state index in [4.69, 9.17) is 9.84 Å². The molecule has 4 heteroatoms. The fraction of sp³-hybridized carbons (Fsp3) is 0.917. The lowest BCUT2D eigenvalue weighted by atomic mass is 9.96. The van der Waals surface area contributed by atoms with Crippen molar-refractivity contribution in [2.24, 2.45) is 5.92 Å². The van der Waals surface area contributed by atoms with Crippen molar-refractivity contribution in [3.8, 4) is 0 Å². The van der Waals surface area contributed by atoms with E-state index in [1.54, 1.807) is 6.92 Å². The molecule has 0 bridgehead atoms. The van der Waals surface area contributed by atoms with Crippen LogP contribution in [0.2, 0.25) is 0 Å². The molecule has 0 aromatic carbocycles. The molecule has 0 rings (SSSR count). The predicted molar refractivity (Wildman–Crippen MR) is 64.6 cm³/mol. The Morgan fingerprint density at radius 1 is 1.50 bits per heavy atom. The van der Waals surface area contributed by atoms with Gasteiger partial charge in [0.05, 0.1) is 0 Å². The number of hydrogen-bond acceptors (Lipinski definition) is 3. The van der Waals surface area contributed by atoms with Gasteiger partial charge in [-0.15, -0.1) is 0 Å². The maximum atomic E-state index is 11.1. The highest BCUT2D eigenvalue weighted by atomic mass is 16.5. The van der Waals surface area contributed by atoms with Gasteiger partial charge in [-0.05, 0) is 32.2 Å². The van der Waals surface area contributed by atoms with Crippen LogP contribution < -0.4 is 5.32 Å². The van der Waals surface area contributed by atoms with Gasteiger partial charge >= 0.3 is 5.97 Å². The second kappa shape index (κ2) is 7.63. The molecule has 0 aliphatic heterocycles. The van der Waals surface area contributed by atoms with Crippen molar-refractivity contribution >= 4 is 5.97 Å². The monoisotopic (exact) mass is 231 g/mol. The minimum Gasteiger partial charge on any atom is -0.480 e. The third-order valence-electron chi connectivity index (χ3n) is 2.46. The Balaban J connectivity index is 3.81. The van der Waals surface area contributed by atoms with Crippen molar-refractivity contribution in [2.45, 2.75) is 46.1 Å². The number of nitrogens with one attached hydrogen (secondary N) is 1. The standard InChI is InChI=1S/C12H25NO3/c1-5-13-12(4,11(14)15)7-6-8-16-9-10(2)3/h10,13H,5-9H2,1-4H3,(H,14,15). The van der Waals surface area contributed by atoms with E-state index in [1.165, 1.54) is 0 Å². The van der Waals surface area contributed by atoms with Crippen LogP contribution in [0, 0.1) is 5.92 Å². The third kappa shape index (κ3) is 6.08. The second-order valence-electron chi connectivity index (χ2n) is 4.74. The average molecular weight is 231 g/mol. The largest absolute Gasteiger partial charge is 0.480 e. The van der Waals surface area contributed by atoms with Gasteiger partial charge in [-0.25, -0.2) is 0 Å². The molecule has 0 aliphatic rings. The van der Waals surface area contributed by atoms with Crippen LogP contribution in [0.3, 0.4) is 0 Å². The van der Waals surface area contributed by atoms with Gasteiger partial charge in [0.1, 0.15) is 5.54 Å². The average Bonchev–Trinajstić information content (AvgIpc) is 2.17. The van der Waals surface area contributed by atoms with E-state index in [2.05, 4.69) is 19.2 Å². The van der Waals surface area contributed by atoms with Gasteiger partial charge < -0.3 is 15.2 Å². The lowest BCUT2D eigenvalue weighted by molar-refractivity contribution is -0.144. The highest BCUT2D eigenvalue weighted by Crippen LogP contribution is 2.12. The first kappa shape index (κ1) is 15.4. The van der Waals surface area contributed by atoms with Gasteiger partial charge in [0.25, 0.3) is 0 Å². The molecule has 1 unspecified atom stereocenters. The number of rotatable bonds is 9. The third-order valence-corrected chi connectivity index (χ3v) is 2.46. The summed E-state index contributed by atoms with van der Waals surface area (Å²) in [5, 5.41) is 12.1. The van der Waals surface area contributed by atoms with Crippen molar-refractivity contribution in [1.29, 1.82) is 0 Å². The summed E-state index contributed by atoms with van der Waals surface area (Å²) in [5.74, 6) is -0.266. The van der Waals surface area contributed by atoms with Gasteiger partial charge in [-0.1, -0.05) is 20.8 Å². The summed E-state index contributed by atoms with van der Waals surface area (Å²) in [6.45, 7) is 9.87. The second-order valence-corrected chi connectivity index (χ2v) is 4.74. The molecule has 0 aromatic heterocycles. The van der Waals surface area contributed by atoms with Crippen LogP contribution in [-0.2, 0) is 9.53 Å². The lowest BCUT2D eigenvalue weighted by Gasteiger charge is -2.25. The molecule has 1 atom stereocenters. The molecular weight excluding hydrogens is 206 g/mol. The van der Waals surface area contributed by atoms with Gasteiger partial charge in [-0.3, -0.25) is 4.79 Å². The molecule has 0 amide bonds. The molecule has 0 radical (unpaired) electrons. The zero-order valence-corrected chi connectivity index (χ0v) is 10.9. The number of carboxylic acids is 1. The Kier molecular flexibility index (Phi) is 7.34. The van der Waals surface area contributed by atoms with Crippen molar-refractivity contribution in [3.05, 3.63) is 0 Å². The fourth-order valence-electron chi connectivity index (χ4n) is 1.51. The van der Waals surface area contributed by atoms with E-state index in [1.807, 2.05) is 6.92 Å². The molecule has 0 aromatic rings. The summed E-state index contributed by atoms with van der Waals surface area (Å²) in [6.07, 6.45) is 1.36. The Labute approximate surface area is 98.4 Å². The maximum absolute atomic E-state index is 11.1. The molecule has 0 heterocycles. The number of carbonyl (C=O) groups is 1. The van der Waals surface area contributed by atoms with Crippen LogP contribution >= 0.6 is 0 Å². The summed E-state index contributed by atoms with van der Waals surface area (Å²) in [4.78, 5) is 11.1. The smallest absolute Gasteiger partial charge is 0.323 e. The van der Waals surface area contributed by atoms with Crippen molar-refractivity contribution in [1.82, 2.24) is 5.32 Å². The van der Waals surface area contributed by atoms with E-state index >= 15 is 0 Å². The summed E-state index contributed by atoms with van der Waals surface area (Å²) >= 11 is 0. The lowest BCUT2D eigenvalue weighted by Crippen LogP contribution is -2.49. The van der Waals surface area contributed by atoms with Crippen LogP contribution in [0.1, 0.15) is 40.5 Å². The SMILES string of the molecule is CCNC(C)(CCCOCC(C)C)C(=O)O. The van der Waals surface area contributed by atoms with Gasteiger partial charge in [0.15, 0.2) is 0 Å². The molecule has 0 saturated heterocycles. The molecule has 0 saturated carbocycles. The Morgan fingerprint density at radius 3 is 2.56 bits per heavy atom. The maximum Gasteiger partial charge on any atom is 0.323 e. The van der Waals surface area contributed by atoms with E-state index in [9.17, 15) is 4.79 Å². The molecule has 96 valence electrons. The van der Waals surface area contributed by atoms with Gasteiger partial charge in [0, 0.05) is 13.2 Å². The molecule has 0 aliphatic carbocycles. The van der Waals surface area contributed by atoms with Crippen molar-refractivity contribution in [3.63, 3.8) is 0 Å². The Morgan fingerprint density at radius 2 is 2.12 bits per heavy atom. The highest BCUT2D eigenvalue weighted by Gasteiger charge is 2.31. The fourth-order valence-corrected chi connectivity index (χ4v) is 1.51. The molecule has 16 heavy (non-hydrogen) atoms. The van der Waals surface area contributed by atoms with Crippen molar-refractivity contribution < 1.29 is 14.6 Å². The van der Waals surface area contributed by atoms with Crippen LogP contribution in [-0.4, -0.2) is 36.4 Å². The normalized spacial score (nSPS) is 15.1. The van der Waals surface area contributed by atoms with Crippen LogP contribution in [0.4, 0.5) is 0 Å².